The molecule has 0 atom stereocenters. The summed E-state index contributed by atoms with van der Waals surface area (Å²) in [6, 6.07) is 5.26. The molecule has 80 valence electrons. The van der Waals surface area contributed by atoms with Crippen molar-refractivity contribution in [3.63, 3.8) is 0 Å². The van der Waals surface area contributed by atoms with E-state index in [2.05, 4.69) is 6.92 Å². The van der Waals surface area contributed by atoms with Gasteiger partial charge in [-0.05, 0) is 35.4 Å². The van der Waals surface area contributed by atoms with Crippen LogP contribution in [-0.2, 0) is 12.0 Å². The van der Waals surface area contributed by atoms with Crippen LogP contribution in [0.2, 0.25) is 0 Å². The van der Waals surface area contributed by atoms with Crippen LogP contribution in [0.15, 0.2) is 18.2 Å². The average molecular weight is 206 g/mol. The molecule has 0 heterocycles. The van der Waals surface area contributed by atoms with Crippen LogP contribution in [0.5, 0.6) is 0 Å². The first kappa shape index (κ1) is 10.2. The van der Waals surface area contributed by atoms with Crippen molar-refractivity contribution >= 4 is 5.97 Å². The number of aromatic carboxylic acids is 1. The van der Waals surface area contributed by atoms with Crippen molar-refractivity contribution in [3.05, 3.63) is 34.9 Å². The van der Waals surface area contributed by atoms with Gasteiger partial charge in [0.15, 0.2) is 0 Å². The standard InChI is InChI=1S/C12H14O3/c1-12(4-5-12)9-2-3-10(11(14)15)8(6-9)7-13/h2-3,6,13H,4-5,7H2,1H3,(H,14,15). The molecule has 3 nitrogen and oxygen atoms in total. The van der Waals surface area contributed by atoms with Gasteiger partial charge in [0, 0.05) is 0 Å². The van der Waals surface area contributed by atoms with E-state index < -0.39 is 5.97 Å². The van der Waals surface area contributed by atoms with Gasteiger partial charge < -0.3 is 10.2 Å². The normalized spacial score (nSPS) is 17.5. The second-order valence-electron chi connectivity index (χ2n) is 4.40. The van der Waals surface area contributed by atoms with Gasteiger partial charge >= 0.3 is 5.97 Å². The van der Waals surface area contributed by atoms with Gasteiger partial charge in [0.05, 0.1) is 12.2 Å². The number of carboxylic acids is 1. The predicted octanol–water partition coefficient (Wildman–Crippen LogP) is 1.93. The molecule has 1 aromatic rings. The van der Waals surface area contributed by atoms with E-state index in [4.69, 9.17) is 10.2 Å². The summed E-state index contributed by atoms with van der Waals surface area (Å²) in [7, 11) is 0. The quantitative estimate of drug-likeness (QED) is 0.794. The third-order valence-electron chi connectivity index (χ3n) is 3.20. The molecular formula is C12H14O3. The van der Waals surface area contributed by atoms with Gasteiger partial charge in [-0.3, -0.25) is 0 Å². The van der Waals surface area contributed by atoms with Gasteiger partial charge in [-0.25, -0.2) is 4.79 Å². The Hall–Kier alpha value is -1.35. The molecule has 0 radical (unpaired) electrons. The molecule has 15 heavy (non-hydrogen) atoms. The van der Waals surface area contributed by atoms with E-state index in [1.807, 2.05) is 12.1 Å². The van der Waals surface area contributed by atoms with Crippen LogP contribution in [0.1, 0.15) is 41.3 Å². The predicted molar refractivity (Wildman–Crippen MR) is 55.9 cm³/mol. The van der Waals surface area contributed by atoms with Gasteiger partial charge in [-0.15, -0.1) is 0 Å². The molecule has 1 saturated carbocycles. The maximum Gasteiger partial charge on any atom is 0.336 e. The summed E-state index contributed by atoms with van der Waals surface area (Å²) in [6.07, 6.45) is 2.29. The zero-order valence-electron chi connectivity index (χ0n) is 8.66. The second kappa shape index (κ2) is 3.35. The third-order valence-corrected chi connectivity index (χ3v) is 3.20. The Balaban J connectivity index is 2.43. The van der Waals surface area contributed by atoms with Crippen molar-refractivity contribution < 1.29 is 15.0 Å². The van der Waals surface area contributed by atoms with Gasteiger partial charge in [-0.2, -0.15) is 0 Å². The Labute approximate surface area is 88.4 Å². The molecule has 0 saturated heterocycles. The van der Waals surface area contributed by atoms with Crippen LogP contribution < -0.4 is 0 Å². The number of hydrogen-bond acceptors (Lipinski definition) is 2. The molecule has 0 bridgehead atoms. The topological polar surface area (TPSA) is 57.5 Å². The number of carbonyl (C=O) groups is 1. The zero-order valence-corrected chi connectivity index (χ0v) is 8.66. The zero-order chi connectivity index (χ0) is 11.1. The first-order valence-electron chi connectivity index (χ1n) is 5.04. The lowest BCUT2D eigenvalue weighted by atomic mass is 9.94. The minimum atomic E-state index is -0.980. The Bertz CT molecular complexity index is 405. The average Bonchev–Trinajstić information content (AvgIpc) is 2.96. The van der Waals surface area contributed by atoms with Crippen molar-refractivity contribution in [1.82, 2.24) is 0 Å². The molecule has 1 aliphatic rings. The summed E-state index contributed by atoms with van der Waals surface area (Å²) >= 11 is 0. The number of aliphatic hydroxyl groups is 1. The van der Waals surface area contributed by atoms with Crippen molar-refractivity contribution in [2.75, 3.05) is 0 Å². The van der Waals surface area contributed by atoms with Crippen molar-refractivity contribution in [2.24, 2.45) is 0 Å². The fraction of sp³-hybridized carbons (Fsp3) is 0.417. The maximum atomic E-state index is 10.8. The minimum Gasteiger partial charge on any atom is -0.478 e. The van der Waals surface area contributed by atoms with Crippen LogP contribution in [0.25, 0.3) is 0 Å². The van der Waals surface area contributed by atoms with Gasteiger partial charge in [-0.1, -0.05) is 19.1 Å². The largest absolute Gasteiger partial charge is 0.478 e. The van der Waals surface area contributed by atoms with Gasteiger partial charge in [0.2, 0.25) is 0 Å². The number of rotatable bonds is 3. The highest BCUT2D eigenvalue weighted by Gasteiger charge is 2.39. The molecule has 2 N–H and O–H groups in total. The van der Waals surface area contributed by atoms with Gasteiger partial charge in [0.1, 0.15) is 0 Å². The van der Waals surface area contributed by atoms with E-state index in [1.54, 1.807) is 6.07 Å². The molecule has 1 fully saturated rings. The van der Waals surface area contributed by atoms with E-state index in [-0.39, 0.29) is 17.6 Å². The SMILES string of the molecule is CC1(c2ccc(C(=O)O)c(CO)c2)CC1. The molecule has 0 aromatic heterocycles. The Morgan fingerprint density at radius 3 is 2.60 bits per heavy atom. The van der Waals surface area contributed by atoms with Crippen LogP contribution in [0, 0.1) is 0 Å². The fourth-order valence-electron chi connectivity index (χ4n) is 1.78. The Morgan fingerprint density at radius 1 is 1.47 bits per heavy atom. The highest BCUT2D eigenvalue weighted by molar-refractivity contribution is 5.89. The molecule has 2 rings (SSSR count). The lowest BCUT2D eigenvalue weighted by Gasteiger charge is -2.11. The molecule has 1 aliphatic carbocycles. The summed E-state index contributed by atoms with van der Waals surface area (Å²) in [6.45, 7) is 1.94. The first-order valence-corrected chi connectivity index (χ1v) is 5.04. The number of aliphatic hydroxyl groups excluding tert-OH is 1. The number of carboxylic acid groups (broad SMARTS) is 1. The van der Waals surface area contributed by atoms with Crippen molar-refractivity contribution in [3.8, 4) is 0 Å². The summed E-state index contributed by atoms with van der Waals surface area (Å²) in [5.41, 5.74) is 2.05. The maximum absolute atomic E-state index is 10.8. The van der Waals surface area contributed by atoms with E-state index in [0.717, 1.165) is 18.4 Å². The summed E-state index contributed by atoms with van der Waals surface area (Å²) in [4.78, 5) is 10.8. The van der Waals surface area contributed by atoms with E-state index in [1.165, 1.54) is 0 Å². The van der Waals surface area contributed by atoms with Gasteiger partial charge in [0.25, 0.3) is 0 Å². The highest BCUT2D eigenvalue weighted by Crippen LogP contribution is 2.47. The minimum absolute atomic E-state index is 0.200. The molecule has 0 unspecified atom stereocenters. The third kappa shape index (κ3) is 1.75. The lowest BCUT2D eigenvalue weighted by Crippen LogP contribution is -2.06. The second-order valence-corrected chi connectivity index (χ2v) is 4.40. The van der Waals surface area contributed by atoms with Crippen LogP contribution in [0.4, 0.5) is 0 Å². The molecule has 3 heteroatoms. The number of hydrogen-bond donors (Lipinski definition) is 2. The van der Waals surface area contributed by atoms with E-state index >= 15 is 0 Å². The summed E-state index contributed by atoms with van der Waals surface area (Å²) in [5.74, 6) is -0.980. The Kier molecular flexibility index (Phi) is 2.27. The molecule has 0 amide bonds. The molecule has 1 aromatic carbocycles. The van der Waals surface area contributed by atoms with E-state index in [9.17, 15) is 4.79 Å². The molecular weight excluding hydrogens is 192 g/mol. The van der Waals surface area contributed by atoms with Crippen LogP contribution in [-0.4, -0.2) is 16.2 Å². The van der Waals surface area contributed by atoms with Crippen LogP contribution >= 0.6 is 0 Å². The fourth-order valence-corrected chi connectivity index (χ4v) is 1.78. The highest BCUT2D eigenvalue weighted by atomic mass is 16.4. The summed E-state index contributed by atoms with van der Waals surface area (Å²) in [5, 5.41) is 18.0. The van der Waals surface area contributed by atoms with Crippen LogP contribution in [0.3, 0.4) is 0 Å². The molecule has 0 spiro atoms. The van der Waals surface area contributed by atoms with Crippen molar-refractivity contribution in [1.29, 1.82) is 0 Å². The summed E-state index contributed by atoms with van der Waals surface area (Å²) < 4.78 is 0. The Morgan fingerprint density at radius 2 is 2.13 bits per heavy atom. The smallest absolute Gasteiger partial charge is 0.336 e. The number of benzene rings is 1. The molecule has 0 aliphatic heterocycles. The first-order chi connectivity index (χ1) is 7.07. The lowest BCUT2D eigenvalue weighted by molar-refractivity contribution is 0.0693. The van der Waals surface area contributed by atoms with Crippen molar-refractivity contribution in [2.45, 2.75) is 31.8 Å². The monoisotopic (exact) mass is 206 g/mol. The van der Waals surface area contributed by atoms with E-state index in [0.29, 0.717) is 5.56 Å².